The molecule has 0 aliphatic carbocycles. The largest absolute Gasteiger partial charge is 0.489 e. The van der Waals surface area contributed by atoms with Crippen LogP contribution in [-0.2, 0) is 6.61 Å². The van der Waals surface area contributed by atoms with Gasteiger partial charge in [0.2, 0.25) is 0 Å². The molecule has 20 heavy (non-hydrogen) atoms. The van der Waals surface area contributed by atoms with Crippen molar-refractivity contribution in [2.45, 2.75) is 39.9 Å². The van der Waals surface area contributed by atoms with Crippen LogP contribution in [0.25, 0.3) is 0 Å². The zero-order valence-electron chi connectivity index (χ0n) is 12.4. The van der Waals surface area contributed by atoms with Gasteiger partial charge in [-0.15, -0.1) is 0 Å². The number of benzene rings is 2. The van der Waals surface area contributed by atoms with E-state index in [1.54, 1.807) is 0 Å². The third-order valence-corrected chi connectivity index (χ3v) is 3.68. The first-order valence-corrected chi connectivity index (χ1v) is 7.08. The molecule has 0 aliphatic rings. The van der Waals surface area contributed by atoms with E-state index in [4.69, 9.17) is 4.74 Å². The van der Waals surface area contributed by atoms with E-state index in [9.17, 15) is 5.11 Å². The Morgan fingerprint density at radius 3 is 2.30 bits per heavy atom. The predicted octanol–water partition coefficient (Wildman–Crippen LogP) is 4.33. The second-order valence-electron chi connectivity index (χ2n) is 5.12. The third kappa shape index (κ3) is 3.20. The molecule has 2 aromatic carbocycles. The van der Waals surface area contributed by atoms with Crippen molar-refractivity contribution in [2.75, 3.05) is 0 Å². The molecule has 0 amide bonds. The fourth-order valence-electron chi connectivity index (χ4n) is 2.33. The lowest BCUT2D eigenvalue weighted by molar-refractivity contribution is 0.166. The van der Waals surface area contributed by atoms with E-state index in [0.29, 0.717) is 13.0 Å². The van der Waals surface area contributed by atoms with Gasteiger partial charge in [-0.1, -0.05) is 43.3 Å². The van der Waals surface area contributed by atoms with Crippen molar-refractivity contribution in [1.82, 2.24) is 0 Å². The molecule has 0 saturated carbocycles. The van der Waals surface area contributed by atoms with Gasteiger partial charge in [0.25, 0.3) is 0 Å². The Hall–Kier alpha value is -1.80. The summed E-state index contributed by atoms with van der Waals surface area (Å²) in [5.74, 6) is 0.768. The van der Waals surface area contributed by atoms with Gasteiger partial charge in [-0.25, -0.2) is 0 Å². The molecular formula is C18H22O2. The molecule has 0 radical (unpaired) electrons. The lowest BCUT2D eigenvalue weighted by atomic mass is 10.0. The van der Waals surface area contributed by atoms with Crippen LogP contribution in [0.4, 0.5) is 0 Å². The first-order chi connectivity index (χ1) is 9.63. The van der Waals surface area contributed by atoms with Crippen LogP contribution >= 0.6 is 0 Å². The van der Waals surface area contributed by atoms with E-state index in [0.717, 1.165) is 11.3 Å². The Morgan fingerprint density at radius 2 is 1.65 bits per heavy atom. The molecule has 0 bridgehead atoms. The van der Waals surface area contributed by atoms with Crippen molar-refractivity contribution in [3.8, 4) is 5.75 Å². The van der Waals surface area contributed by atoms with Crippen molar-refractivity contribution in [3.63, 3.8) is 0 Å². The third-order valence-electron chi connectivity index (χ3n) is 3.68. The molecule has 2 nitrogen and oxygen atoms in total. The highest BCUT2D eigenvalue weighted by Crippen LogP contribution is 2.28. The number of ether oxygens (including phenoxy) is 1. The normalized spacial score (nSPS) is 12.2. The standard InChI is InChI=1S/C18H22O2/c1-4-17(19)15-10-5-6-11-18(15)20-12-16-13(2)8-7-9-14(16)3/h5-11,17,19H,4,12H2,1-3H3/t17-/m0/s1. The molecule has 0 unspecified atom stereocenters. The Bertz CT molecular complexity index is 555. The second-order valence-corrected chi connectivity index (χ2v) is 5.12. The SMILES string of the molecule is CC[C@H](O)c1ccccc1OCc1c(C)cccc1C. The highest BCUT2D eigenvalue weighted by atomic mass is 16.5. The summed E-state index contributed by atoms with van der Waals surface area (Å²) in [6, 6.07) is 14.0. The highest BCUT2D eigenvalue weighted by molar-refractivity contribution is 5.37. The van der Waals surface area contributed by atoms with E-state index in [1.165, 1.54) is 16.7 Å². The van der Waals surface area contributed by atoms with Crippen molar-refractivity contribution in [2.24, 2.45) is 0 Å². The fourth-order valence-corrected chi connectivity index (χ4v) is 2.33. The average molecular weight is 270 g/mol. The number of rotatable bonds is 5. The minimum absolute atomic E-state index is 0.468. The van der Waals surface area contributed by atoms with Crippen LogP contribution in [0.1, 0.15) is 41.7 Å². The molecule has 2 rings (SSSR count). The molecular weight excluding hydrogens is 248 g/mol. The topological polar surface area (TPSA) is 29.5 Å². The first-order valence-electron chi connectivity index (χ1n) is 7.08. The van der Waals surface area contributed by atoms with Crippen LogP contribution in [0, 0.1) is 13.8 Å². The van der Waals surface area contributed by atoms with Gasteiger partial charge < -0.3 is 9.84 Å². The quantitative estimate of drug-likeness (QED) is 0.876. The van der Waals surface area contributed by atoms with Gasteiger partial charge in [0.1, 0.15) is 12.4 Å². The van der Waals surface area contributed by atoms with Gasteiger partial charge in [-0.3, -0.25) is 0 Å². The molecule has 106 valence electrons. The van der Waals surface area contributed by atoms with Crippen LogP contribution in [0.15, 0.2) is 42.5 Å². The van der Waals surface area contributed by atoms with Crippen LogP contribution in [0.3, 0.4) is 0 Å². The van der Waals surface area contributed by atoms with Crippen molar-refractivity contribution >= 4 is 0 Å². The maximum absolute atomic E-state index is 10.0. The predicted molar refractivity (Wildman–Crippen MR) is 81.9 cm³/mol. The van der Waals surface area contributed by atoms with Gasteiger partial charge >= 0.3 is 0 Å². The minimum Gasteiger partial charge on any atom is -0.489 e. The summed E-state index contributed by atoms with van der Waals surface area (Å²) >= 11 is 0. The second kappa shape index (κ2) is 6.58. The Morgan fingerprint density at radius 1 is 1.00 bits per heavy atom. The van der Waals surface area contributed by atoms with Crippen molar-refractivity contribution < 1.29 is 9.84 Å². The summed E-state index contributed by atoms with van der Waals surface area (Å²) in [6.45, 7) is 6.69. The summed E-state index contributed by atoms with van der Waals surface area (Å²) in [6.07, 6.45) is 0.216. The van der Waals surface area contributed by atoms with Gasteiger partial charge in [-0.05, 0) is 43.0 Å². The molecule has 2 heteroatoms. The number of aliphatic hydroxyl groups is 1. The van der Waals surface area contributed by atoms with Crippen LogP contribution < -0.4 is 4.74 Å². The van der Waals surface area contributed by atoms with Crippen LogP contribution in [0.2, 0.25) is 0 Å². The van der Waals surface area contributed by atoms with E-state index in [2.05, 4.69) is 32.0 Å². The highest BCUT2D eigenvalue weighted by Gasteiger charge is 2.12. The summed E-state index contributed by atoms with van der Waals surface area (Å²) < 4.78 is 5.95. The van der Waals surface area contributed by atoms with Crippen molar-refractivity contribution in [3.05, 3.63) is 64.7 Å². The zero-order chi connectivity index (χ0) is 14.5. The van der Waals surface area contributed by atoms with Gasteiger partial charge in [0, 0.05) is 5.56 Å². The molecule has 0 fully saturated rings. The smallest absolute Gasteiger partial charge is 0.125 e. The van der Waals surface area contributed by atoms with E-state index >= 15 is 0 Å². The summed E-state index contributed by atoms with van der Waals surface area (Å²) in [7, 11) is 0. The Labute approximate surface area is 121 Å². The van der Waals surface area contributed by atoms with E-state index in [-0.39, 0.29) is 0 Å². The molecule has 0 aromatic heterocycles. The lowest BCUT2D eigenvalue weighted by Gasteiger charge is -2.16. The van der Waals surface area contributed by atoms with Gasteiger partial charge in [-0.2, -0.15) is 0 Å². The van der Waals surface area contributed by atoms with Crippen molar-refractivity contribution in [1.29, 1.82) is 0 Å². The van der Waals surface area contributed by atoms with Crippen LogP contribution in [-0.4, -0.2) is 5.11 Å². The molecule has 1 atom stereocenters. The summed E-state index contributed by atoms with van der Waals surface area (Å²) in [5, 5.41) is 10.0. The molecule has 0 aliphatic heterocycles. The molecule has 0 heterocycles. The van der Waals surface area contributed by atoms with Gasteiger partial charge in [0.05, 0.1) is 6.10 Å². The Balaban J connectivity index is 2.19. The average Bonchev–Trinajstić information content (AvgIpc) is 2.46. The van der Waals surface area contributed by atoms with E-state index < -0.39 is 6.10 Å². The summed E-state index contributed by atoms with van der Waals surface area (Å²) in [4.78, 5) is 0. The first kappa shape index (κ1) is 14.6. The maximum atomic E-state index is 10.0. The maximum Gasteiger partial charge on any atom is 0.125 e. The lowest BCUT2D eigenvalue weighted by Crippen LogP contribution is -2.04. The summed E-state index contributed by atoms with van der Waals surface area (Å²) in [5.41, 5.74) is 4.55. The number of aliphatic hydroxyl groups excluding tert-OH is 1. The molecule has 0 saturated heterocycles. The zero-order valence-corrected chi connectivity index (χ0v) is 12.4. The molecule has 1 N–H and O–H groups in total. The fraction of sp³-hybridized carbons (Fsp3) is 0.333. The molecule has 2 aromatic rings. The molecule has 0 spiro atoms. The number of hydrogen-bond donors (Lipinski definition) is 1. The Kier molecular flexibility index (Phi) is 4.80. The van der Waals surface area contributed by atoms with Gasteiger partial charge in [0.15, 0.2) is 0 Å². The monoisotopic (exact) mass is 270 g/mol. The number of hydrogen-bond acceptors (Lipinski definition) is 2. The van der Waals surface area contributed by atoms with Crippen LogP contribution in [0.5, 0.6) is 5.75 Å². The van der Waals surface area contributed by atoms with E-state index in [1.807, 2.05) is 31.2 Å². The number of aryl methyl sites for hydroxylation is 2. The number of para-hydroxylation sites is 1. The minimum atomic E-state index is -0.468.